The van der Waals surface area contributed by atoms with Crippen molar-refractivity contribution in [3.05, 3.63) is 22.2 Å². The highest BCUT2D eigenvalue weighted by Crippen LogP contribution is 2.50. The fourth-order valence-electron chi connectivity index (χ4n) is 2.78. The molecule has 0 amide bonds. The molecule has 20 heavy (non-hydrogen) atoms. The SMILES string of the molecule is CC(C)CNCC1CC1c1cc(Br)c2c(c1)OCCO2. The van der Waals surface area contributed by atoms with Crippen molar-refractivity contribution >= 4 is 15.9 Å². The van der Waals surface area contributed by atoms with Crippen molar-refractivity contribution in [1.82, 2.24) is 5.32 Å². The van der Waals surface area contributed by atoms with Crippen LogP contribution in [0.3, 0.4) is 0 Å². The zero-order valence-electron chi connectivity index (χ0n) is 12.1. The fourth-order valence-corrected chi connectivity index (χ4v) is 3.36. The molecular weight excluding hydrogens is 318 g/mol. The van der Waals surface area contributed by atoms with E-state index in [0.717, 1.165) is 40.9 Å². The second-order valence-electron chi connectivity index (χ2n) is 6.18. The van der Waals surface area contributed by atoms with Crippen LogP contribution in [-0.2, 0) is 0 Å². The molecule has 3 nitrogen and oxygen atoms in total. The quantitative estimate of drug-likeness (QED) is 0.889. The molecule has 0 bridgehead atoms. The second kappa shape index (κ2) is 5.94. The van der Waals surface area contributed by atoms with Crippen molar-refractivity contribution in [3.8, 4) is 11.5 Å². The van der Waals surface area contributed by atoms with Gasteiger partial charge in [0.1, 0.15) is 13.2 Å². The van der Waals surface area contributed by atoms with E-state index in [1.807, 2.05) is 0 Å². The highest BCUT2D eigenvalue weighted by Gasteiger charge is 2.38. The molecule has 1 aromatic carbocycles. The average molecular weight is 340 g/mol. The summed E-state index contributed by atoms with van der Waals surface area (Å²) in [5.41, 5.74) is 1.37. The van der Waals surface area contributed by atoms with Crippen LogP contribution in [0.5, 0.6) is 11.5 Å². The highest BCUT2D eigenvalue weighted by molar-refractivity contribution is 9.10. The zero-order valence-corrected chi connectivity index (χ0v) is 13.7. The number of rotatable bonds is 5. The lowest BCUT2D eigenvalue weighted by molar-refractivity contribution is 0.170. The van der Waals surface area contributed by atoms with Gasteiger partial charge in [-0.25, -0.2) is 0 Å². The average Bonchev–Trinajstić information content (AvgIpc) is 3.18. The molecule has 0 radical (unpaired) electrons. The van der Waals surface area contributed by atoms with Gasteiger partial charge in [-0.3, -0.25) is 0 Å². The molecule has 2 aliphatic rings. The van der Waals surface area contributed by atoms with Crippen LogP contribution in [-0.4, -0.2) is 26.3 Å². The van der Waals surface area contributed by atoms with Crippen LogP contribution in [0.2, 0.25) is 0 Å². The Kier molecular flexibility index (Phi) is 4.22. The molecule has 3 rings (SSSR count). The molecule has 1 N–H and O–H groups in total. The number of halogens is 1. The monoisotopic (exact) mass is 339 g/mol. The van der Waals surface area contributed by atoms with E-state index < -0.39 is 0 Å². The van der Waals surface area contributed by atoms with E-state index in [4.69, 9.17) is 9.47 Å². The molecule has 1 heterocycles. The minimum Gasteiger partial charge on any atom is -0.486 e. The number of hydrogen-bond donors (Lipinski definition) is 1. The third kappa shape index (κ3) is 3.12. The summed E-state index contributed by atoms with van der Waals surface area (Å²) in [6.45, 7) is 8.00. The maximum Gasteiger partial charge on any atom is 0.175 e. The summed E-state index contributed by atoms with van der Waals surface area (Å²) in [5, 5.41) is 3.56. The smallest absolute Gasteiger partial charge is 0.175 e. The Bertz CT molecular complexity index is 490. The summed E-state index contributed by atoms with van der Waals surface area (Å²) in [7, 11) is 0. The molecule has 110 valence electrons. The molecule has 4 heteroatoms. The van der Waals surface area contributed by atoms with Gasteiger partial charge in [0.05, 0.1) is 4.47 Å². The summed E-state index contributed by atoms with van der Waals surface area (Å²) < 4.78 is 12.4. The van der Waals surface area contributed by atoms with Crippen molar-refractivity contribution in [3.63, 3.8) is 0 Å². The van der Waals surface area contributed by atoms with E-state index >= 15 is 0 Å². The van der Waals surface area contributed by atoms with Crippen LogP contribution >= 0.6 is 15.9 Å². The number of ether oxygens (including phenoxy) is 2. The van der Waals surface area contributed by atoms with Crippen molar-refractivity contribution in [2.24, 2.45) is 11.8 Å². The molecule has 2 unspecified atom stereocenters. The molecule has 0 saturated heterocycles. The minimum atomic E-state index is 0.635. The lowest BCUT2D eigenvalue weighted by Crippen LogP contribution is -2.22. The molecule has 1 aliphatic heterocycles. The Morgan fingerprint density at radius 1 is 1.30 bits per heavy atom. The van der Waals surface area contributed by atoms with Crippen LogP contribution < -0.4 is 14.8 Å². The normalized spacial score (nSPS) is 24.0. The van der Waals surface area contributed by atoms with Crippen molar-refractivity contribution < 1.29 is 9.47 Å². The minimum absolute atomic E-state index is 0.635. The summed E-state index contributed by atoms with van der Waals surface area (Å²) in [6, 6.07) is 4.35. The van der Waals surface area contributed by atoms with Crippen molar-refractivity contribution in [2.75, 3.05) is 26.3 Å². The van der Waals surface area contributed by atoms with Crippen LogP contribution in [0.15, 0.2) is 16.6 Å². The van der Waals surface area contributed by atoms with E-state index in [9.17, 15) is 0 Å². The topological polar surface area (TPSA) is 30.5 Å². The first-order chi connectivity index (χ1) is 9.65. The molecule has 2 atom stereocenters. The van der Waals surface area contributed by atoms with E-state index in [0.29, 0.717) is 19.1 Å². The first kappa shape index (κ1) is 14.2. The summed E-state index contributed by atoms with van der Waals surface area (Å²) in [6.07, 6.45) is 1.27. The van der Waals surface area contributed by atoms with Gasteiger partial charge >= 0.3 is 0 Å². The maximum atomic E-state index is 5.70. The number of hydrogen-bond acceptors (Lipinski definition) is 3. The van der Waals surface area contributed by atoms with Gasteiger partial charge in [0, 0.05) is 0 Å². The Morgan fingerprint density at radius 3 is 2.90 bits per heavy atom. The fraction of sp³-hybridized carbons (Fsp3) is 0.625. The van der Waals surface area contributed by atoms with E-state index in [2.05, 4.69) is 47.2 Å². The molecule has 1 saturated carbocycles. The van der Waals surface area contributed by atoms with E-state index in [-0.39, 0.29) is 0 Å². The van der Waals surface area contributed by atoms with Gasteiger partial charge in [-0.2, -0.15) is 0 Å². The zero-order chi connectivity index (χ0) is 14.1. The van der Waals surface area contributed by atoms with Crippen LogP contribution in [0, 0.1) is 11.8 Å². The second-order valence-corrected chi connectivity index (χ2v) is 7.04. The molecule has 1 aromatic rings. The Hall–Kier alpha value is -0.740. The number of nitrogens with one attached hydrogen (secondary N) is 1. The maximum absolute atomic E-state index is 5.70. The number of fused-ring (bicyclic) bond motifs is 1. The summed E-state index contributed by atoms with van der Waals surface area (Å²) >= 11 is 3.60. The predicted octanol–water partition coefficient (Wildman–Crippen LogP) is 3.57. The largest absolute Gasteiger partial charge is 0.486 e. The standard InChI is InChI=1S/C16H22BrNO2/c1-10(2)8-18-9-12-5-13(12)11-6-14(17)16-15(7-11)19-3-4-20-16/h6-7,10,12-13,18H,3-5,8-9H2,1-2H3. The summed E-state index contributed by atoms with van der Waals surface area (Å²) in [5.74, 6) is 3.90. The molecule has 1 fully saturated rings. The summed E-state index contributed by atoms with van der Waals surface area (Å²) in [4.78, 5) is 0. The van der Waals surface area contributed by atoms with Gasteiger partial charge in [-0.15, -0.1) is 0 Å². The lowest BCUT2D eigenvalue weighted by Gasteiger charge is -2.20. The van der Waals surface area contributed by atoms with Gasteiger partial charge in [-0.1, -0.05) is 13.8 Å². The third-order valence-electron chi connectivity index (χ3n) is 3.93. The Morgan fingerprint density at radius 2 is 2.10 bits per heavy atom. The van der Waals surface area contributed by atoms with Gasteiger partial charge in [-0.05, 0) is 70.9 Å². The van der Waals surface area contributed by atoms with E-state index in [1.54, 1.807) is 0 Å². The Labute approximate surface area is 129 Å². The van der Waals surface area contributed by atoms with Crippen LogP contribution in [0.4, 0.5) is 0 Å². The highest BCUT2D eigenvalue weighted by atomic mass is 79.9. The van der Waals surface area contributed by atoms with Gasteiger partial charge in [0.25, 0.3) is 0 Å². The van der Waals surface area contributed by atoms with Gasteiger partial charge < -0.3 is 14.8 Å². The first-order valence-corrected chi connectivity index (χ1v) is 8.24. The van der Waals surface area contributed by atoms with Crippen molar-refractivity contribution in [2.45, 2.75) is 26.2 Å². The van der Waals surface area contributed by atoms with Gasteiger partial charge in [0.15, 0.2) is 11.5 Å². The first-order valence-electron chi connectivity index (χ1n) is 7.45. The third-order valence-corrected chi connectivity index (χ3v) is 4.52. The molecule has 1 aliphatic carbocycles. The number of benzene rings is 1. The molecule has 0 spiro atoms. The Balaban J connectivity index is 1.63. The lowest BCUT2D eigenvalue weighted by atomic mass is 10.1. The van der Waals surface area contributed by atoms with Crippen LogP contribution in [0.1, 0.15) is 31.7 Å². The van der Waals surface area contributed by atoms with Crippen LogP contribution in [0.25, 0.3) is 0 Å². The molecular formula is C16H22BrNO2. The van der Waals surface area contributed by atoms with Crippen molar-refractivity contribution in [1.29, 1.82) is 0 Å². The predicted molar refractivity (Wildman–Crippen MR) is 83.7 cm³/mol. The van der Waals surface area contributed by atoms with Gasteiger partial charge in [0.2, 0.25) is 0 Å². The molecule has 0 aromatic heterocycles. The van der Waals surface area contributed by atoms with E-state index in [1.165, 1.54) is 12.0 Å².